The van der Waals surface area contributed by atoms with Gasteiger partial charge in [0.15, 0.2) is 5.69 Å². The Morgan fingerprint density at radius 2 is 2.12 bits per heavy atom. The summed E-state index contributed by atoms with van der Waals surface area (Å²) in [6.07, 6.45) is 4.48. The van der Waals surface area contributed by atoms with Gasteiger partial charge in [0.05, 0.1) is 23.8 Å². The number of hydrogen-bond acceptors (Lipinski definition) is 6. The van der Waals surface area contributed by atoms with E-state index in [2.05, 4.69) is 24.2 Å². The maximum Gasteiger partial charge on any atom is 0.275 e. The zero-order valence-electron chi connectivity index (χ0n) is 13.5. The van der Waals surface area contributed by atoms with Crippen LogP contribution in [-0.2, 0) is 20.0 Å². The lowest BCUT2D eigenvalue weighted by Crippen LogP contribution is -2.34. The van der Waals surface area contributed by atoms with E-state index in [1.54, 1.807) is 5.38 Å². The van der Waals surface area contributed by atoms with Crippen molar-refractivity contribution in [3.05, 3.63) is 34.9 Å². The number of aromatic nitrogens is 6. The Balaban J connectivity index is 1.62. The minimum atomic E-state index is -0.0623. The van der Waals surface area contributed by atoms with Crippen LogP contribution in [0.2, 0.25) is 0 Å². The molecule has 9 heteroatoms. The average Bonchev–Trinajstić information content (AvgIpc) is 3.26. The molecule has 1 amide bonds. The quantitative estimate of drug-likeness (QED) is 0.697. The third kappa shape index (κ3) is 2.41. The first kappa shape index (κ1) is 15.0. The number of carbonyl (C=O) groups is 1. The van der Waals surface area contributed by atoms with Crippen LogP contribution in [0.3, 0.4) is 0 Å². The molecule has 4 heterocycles. The lowest BCUT2D eigenvalue weighted by molar-refractivity contribution is 0.0753. The Kier molecular flexibility index (Phi) is 3.64. The van der Waals surface area contributed by atoms with Gasteiger partial charge in [0.1, 0.15) is 5.82 Å². The summed E-state index contributed by atoms with van der Waals surface area (Å²) >= 11 is 1.19. The summed E-state index contributed by atoms with van der Waals surface area (Å²) in [5, 5.41) is 9.89. The fourth-order valence-electron chi connectivity index (χ4n) is 3.16. The van der Waals surface area contributed by atoms with Crippen LogP contribution in [0.25, 0.3) is 11.4 Å². The van der Waals surface area contributed by atoms with Crippen LogP contribution in [0.15, 0.2) is 17.8 Å². The third-order valence-electron chi connectivity index (χ3n) is 4.37. The van der Waals surface area contributed by atoms with E-state index >= 15 is 0 Å². The lowest BCUT2D eigenvalue weighted by atomic mass is 10.2. The van der Waals surface area contributed by atoms with Crippen molar-refractivity contribution < 1.29 is 4.79 Å². The first-order valence-corrected chi connectivity index (χ1v) is 8.58. The maximum absolute atomic E-state index is 12.5. The number of imidazole rings is 1. The molecule has 0 spiro atoms. The molecular formula is C15H17N7OS. The summed E-state index contributed by atoms with van der Waals surface area (Å²) in [5.74, 6) is 0.935. The smallest absolute Gasteiger partial charge is 0.275 e. The molecule has 0 radical (unpaired) electrons. The van der Waals surface area contributed by atoms with E-state index in [1.807, 2.05) is 35.9 Å². The molecule has 4 rings (SSSR count). The molecule has 0 bridgehead atoms. The Bertz CT molecular complexity index is 860. The van der Waals surface area contributed by atoms with Gasteiger partial charge >= 0.3 is 0 Å². The molecule has 0 atom stereocenters. The second-order valence-corrected chi connectivity index (χ2v) is 6.45. The second kappa shape index (κ2) is 5.82. The molecule has 0 fully saturated rings. The van der Waals surface area contributed by atoms with Crippen LogP contribution in [0.5, 0.6) is 0 Å². The predicted molar refractivity (Wildman–Crippen MR) is 88.7 cm³/mol. The number of nitrogens with zero attached hydrogens (tertiary/aromatic N) is 7. The molecule has 0 saturated heterocycles. The molecule has 3 aromatic heterocycles. The highest BCUT2D eigenvalue weighted by molar-refractivity contribution is 7.03. The van der Waals surface area contributed by atoms with E-state index < -0.39 is 0 Å². The zero-order valence-corrected chi connectivity index (χ0v) is 14.3. The van der Waals surface area contributed by atoms with Crippen LogP contribution < -0.4 is 0 Å². The van der Waals surface area contributed by atoms with E-state index in [0.29, 0.717) is 25.3 Å². The predicted octanol–water partition coefficient (Wildman–Crippen LogP) is 1.14. The van der Waals surface area contributed by atoms with E-state index in [-0.39, 0.29) is 5.91 Å². The number of fused-ring (bicyclic) bond motifs is 1. The molecule has 1 aliphatic rings. The molecule has 1 aliphatic heterocycles. The van der Waals surface area contributed by atoms with Crippen molar-refractivity contribution in [1.29, 1.82) is 0 Å². The van der Waals surface area contributed by atoms with Crippen molar-refractivity contribution in [3.63, 3.8) is 0 Å². The van der Waals surface area contributed by atoms with E-state index in [1.165, 1.54) is 11.5 Å². The number of aryl methyl sites for hydroxylation is 2. The van der Waals surface area contributed by atoms with Crippen LogP contribution in [0.1, 0.15) is 21.9 Å². The van der Waals surface area contributed by atoms with Crippen LogP contribution in [0, 0.1) is 6.92 Å². The van der Waals surface area contributed by atoms with Crippen molar-refractivity contribution in [3.8, 4) is 11.4 Å². The standard InChI is InChI=1S/C15H17N7OS/c1-10-7-17-20(2)14(10)12-8-16-13-3-4-21(5-6-22(12)13)15(23)11-9-24-19-18-11/h7-9H,3-6H2,1-2H3. The van der Waals surface area contributed by atoms with Gasteiger partial charge in [0.2, 0.25) is 0 Å². The minimum Gasteiger partial charge on any atom is -0.335 e. The van der Waals surface area contributed by atoms with Gasteiger partial charge < -0.3 is 9.47 Å². The Morgan fingerprint density at radius 1 is 1.25 bits per heavy atom. The van der Waals surface area contributed by atoms with Crippen LogP contribution >= 0.6 is 11.5 Å². The molecule has 3 aromatic rings. The monoisotopic (exact) mass is 343 g/mol. The molecular weight excluding hydrogens is 326 g/mol. The summed E-state index contributed by atoms with van der Waals surface area (Å²) < 4.78 is 7.84. The van der Waals surface area contributed by atoms with Gasteiger partial charge in [-0.3, -0.25) is 9.48 Å². The molecule has 0 aliphatic carbocycles. The summed E-state index contributed by atoms with van der Waals surface area (Å²) in [7, 11) is 1.93. The van der Waals surface area contributed by atoms with Crippen molar-refractivity contribution in [2.45, 2.75) is 19.9 Å². The summed E-state index contributed by atoms with van der Waals surface area (Å²) in [6, 6.07) is 0. The number of rotatable bonds is 2. The van der Waals surface area contributed by atoms with Crippen LogP contribution in [0.4, 0.5) is 0 Å². The third-order valence-corrected chi connectivity index (χ3v) is 4.87. The minimum absolute atomic E-state index is 0.0623. The Morgan fingerprint density at radius 3 is 2.83 bits per heavy atom. The summed E-state index contributed by atoms with van der Waals surface area (Å²) in [4.78, 5) is 18.9. The van der Waals surface area contributed by atoms with Gasteiger partial charge in [-0.1, -0.05) is 4.49 Å². The molecule has 24 heavy (non-hydrogen) atoms. The molecule has 0 saturated carbocycles. The van der Waals surface area contributed by atoms with Crippen molar-refractivity contribution in [2.24, 2.45) is 7.05 Å². The Hall–Kier alpha value is -2.55. The number of amides is 1. The van der Waals surface area contributed by atoms with Gasteiger partial charge in [-0.25, -0.2) is 4.98 Å². The SMILES string of the molecule is Cc1cnn(C)c1-c1cnc2n1CCN(C(=O)c1csnn1)CC2. The molecule has 0 aromatic carbocycles. The normalized spacial score (nSPS) is 14.5. The van der Waals surface area contributed by atoms with E-state index in [4.69, 9.17) is 0 Å². The highest BCUT2D eigenvalue weighted by Crippen LogP contribution is 2.25. The van der Waals surface area contributed by atoms with Crippen LogP contribution in [-0.4, -0.2) is 52.8 Å². The average molecular weight is 343 g/mol. The topological polar surface area (TPSA) is 81.7 Å². The molecule has 8 nitrogen and oxygen atoms in total. The fraction of sp³-hybridized carbons (Fsp3) is 0.400. The summed E-state index contributed by atoms with van der Waals surface area (Å²) in [5.41, 5.74) is 3.65. The molecule has 124 valence electrons. The largest absolute Gasteiger partial charge is 0.335 e. The highest BCUT2D eigenvalue weighted by Gasteiger charge is 2.24. The van der Waals surface area contributed by atoms with Gasteiger partial charge in [-0.05, 0) is 24.0 Å². The van der Waals surface area contributed by atoms with Crippen molar-refractivity contribution in [1.82, 2.24) is 33.8 Å². The highest BCUT2D eigenvalue weighted by atomic mass is 32.1. The van der Waals surface area contributed by atoms with Crippen molar-refractivity contribution in [2.75, 3.05) is 13.1 Å². The van der Waals surface area contributed by atoms with E-state index in [0.717, 1.165) is 29.2 Å². The molecule has 0 unspecified atom stereocenters. The number of hydrogen-bond donors (Lipinski definition) is 0. The van der Waals surface area contributed by atoms with Gasteiger partial charge in [-0.2, -0.15) is 5.10 Å². The van der Waals surface area contributed by atoms with Gasteiger partial charge in [0.25, 0.3) is 5.91 Å². The zero-order chi connectivity index (χ0) is 16.7. The van der Waals surface area contributed by atoms with Gasteiger partial charge in [-0.15, -0.1) is 5.10 Å². The lowest BCUT2D eigenvalue weighted by Gasteiger charge is -2.18. The maximum atomic E-state index is 12.5. The Labute approximate surface area is 142 Å². The number of carbonyl (C=O) groups excluding carboxylic acids is 1. The molecule has 0 N–H and O–H groups in total. The fourth-order valence-corrected chi connectivity index (χ4v) is 3.59. The van der Waals surface area contributed by atoms with Crippen molar-refractivity contribution >= 4 is 17.4 Å². The first-order valence-electron chi connectivity index (χ1n) is 7.75. The first-order chi connectivity index (χ1) is 11.6. The second-order valence-electron chi connectivity index (χ2n) is 5.84. The van der Waals surface area contributed by atoms with E-state index in [9.17, 15) is 4.79 Å². The van der Waals surface area contributed by atoms with Gasteiger partial charge in [0, 0.05) is 38.5 Å². The summed E-state index contributed by atoms with van der Waals surface area (Å²) in [6.45, 7) is 4.02.